The van der Waals surface area contributed by atoms with Crippen molar-refractivity contribution in [2.75, 3.05) is 19.6 Å². The minimum absolute atomic E-state index is 0.770. The summed E-state index contributed by atoms with van der Waals surface area (Å²) in [7, 11) is 0. The molecule has 5 atom stereocenters. The highest BCUT2D eigenvalue weighted by atomic mass is 15.3. The van der Waals surface area contributed by atoms with E-state index in [1.165, 1.54) is 58.2 Å². The van der Waals surface area contributed by atoms with Crippen LogP contribution < -0.4 is 0 Å². The van der Waals surface area contributed by atoms with Gasteiger partial charge in [-0.25, -0.2) is 0 Å². The van der Waals surface area contributed by atoms with Gasteiger partial charge in [0.25, 0.3) is 0 Å². The number of hydrogen-bond donors (Lipinski definition) is 0. The lowest BCUT2D eigenvalue weighted by molar-refractivity contribution is -0.0369. The van der Waals surface area contributed by atoms with E-state index in [-0.39, 0.29) is 0 Å². The van der Waals surface area contributed by atoms with Gasteiger partial charge in [-0.1, -0.05) is 33.1 Å². The molecule has 19 heavy (non-hydrogen) atoms. The lowest BCUT2D eigenvalue weighted by Crippen LogP contribution is -2.62. The van der Waals surface area contributed by atoms with Crippen molar-refractivity contribution in [2.45, 2.75) is 77.4 Å². The van der Waals surface area contributed by atoms with Crippen LogP contribution in [0.5, 0.6) is 0 Å². The Morgan fingerprint density at radius 2 is 1.68 bits per heavy atom. The van der Waals surface area contributed by atoms with Gasteiger partial charge in [-0.2, -0.15) is 0 Å². The Morgan fingerprint density at radius 3 is 2.53 bits per heavy atom. The Balaban J connectivity index is 1.69. The minimum atomic E-state index is 0.770. The molecule has 1 saturated carbocycles. The average Bonchev–Trinajstić information content (AvgIpc) is 2.41. The predicted molar refractivity (Wildman–Crippen MR) is 81.3 cm³/mol. The van der Waals surface area contributed by atoms with Crippen LogP contribution in [0.2, 0.25) is 0 Å². The third-order valence-corrected chi connectivity index (χ3v) is 6.33. The maximum atomic E-state index is 2.90. The van der Waals surface area contributed by atoms with Crippen molar-refractivity contribution in [1.29, 1.82) is 0 Å². The van der Waals surface area contributed by atoms with Crippen LogP contribution >= 0.6 is 0 Å². The molecular weight excluding hydrogens is 232 g/mol. The molecule has 5 unspecified atom stereocenters. The van der Waals surface area contributed by atoms with Crippen LogP contribution in [0.1, 0.15) is 59.3 Å². The second-order valence-electron chi connectivity index (χ2n) is 7.53. The molecule has 3 rings (SSSR count). The van der Waals surface area contributed by atoms with Crippen molar-refractivity contribution in [3.63, 3.8) is 0 Å². The number of fused-ring (bicyclic) bond motifs is 1. The summed E-state index contributed by atoms with van der Waals surface area (Å²) in [6, 6.07) is 2.50. The van der Waals surface area contributed by atoms with E-state index in [0.29, 0.717) is 0 Å². The van der Waals surface area contributed by atoms with Crippen LogP contribution in [0.4, 0.5) is 0 Å². The van der Waals surface area contributed by atoms with E-state index in [0.717, 1.165) is 30.0 Å². The van der Waals surface area contributed by atoms with Crippen LogP contribution in [-0.2, 0) is 0 Å². The summed E-state index contributed by atoms with van der Waals surface area (Å²) >= 11 is 0. The maximum Gasteiger partial charge on any atom is 0.0224 e. The van der Waals surface area contributed by atoms with Gasteiger partial charge in [0, 0.05) is 31.2 Å². The normalized spacial score (nSPS) is 45.9. The van der Waals surface area contributed by atoms with Crippen molar-refractivity contribution < 1.29 is 0 Å². The first-order chi connectivity index (χ1) is 9.16. The van der Waals surface area contributed by atoms with Crippen molar-refractivity contribution >= 4 is 0 Å². The molecule has 1 aliphatic carbocycles. The van der Waals surface area contributed by atoms with Crippen LogP contribution in [0.3, 0.4) is 0 Å². The van der Waals surface area contributed by atoms with Gasteiger partial charge in [-0.3, -0.25) is 9.80 Å². The van der Waals surface area contributed by atoms with E-state index in [1.54, 1.807) is 0 Å². The van der Waals surface area contributed by atoms with E-state index in [1.807, 2.05) is 0 Å². The molecule has 2 heteroatoms. The topological polar surface area (TPSA) is 6.48 Å². The van der Waals surface area contributed by atoms with Gasteiger partial charge in [0.2, 0.25) is 0 Å². The summed E-state index contributed by atoms with van der Waals surface area (Å²) in [5, 5.41) is 0. The predicted octanol–water partition coefficient (Wildman–Crippen LogP) is 3.37. The summed E-state index contributed by atoms with van der Waals surface area (Å²) in [6.07, 6.45) is 8.69. The largest absolute Gasteiger partial charge is 0.298 e. The van der Waals surface area contributed by atoms with Gasteiger partial charge in [0.15, 0.2) is 0 Å². The fourth-order valence-corrected chi connectivity index (χ4v) is 4.86. The van der Waals surface area contributed by atoms with Gasteiger partial charge in [-0.15, -0.1) is 0 Å². The molecule has 0 N–H and O–H groups in total. The standard InChI is InChI=1S/C17H32N2/c1-13-7-6-9-17(15(13)3)19-12-16-8-4-5-10-18(16)11-14(19)2/h13-17H,4-12H2,1-3H3. The number of rotatable bonds is 1. The lowest BCUT2D eigenvalue weighted by atomic mass is 9.76. The highest BCUT2D eigenvalue weighted by Crippen LogP contribution is 2.36. The monoisotopic (exact) mass is 264 g/mol. The summed E-state index contributed by atoms with van der Waals surface area (Å²) in [6.45, 7) is 11.5. The molecule has 0 aromatic heterocycles. The maximum absolute atomic E-state index is 2.90. The molecular formula is C17H32N2. The molecule has 2 nitrogen and oxygen atoms in total. The van der Waals surface area contributed by atoms with E-state index in [2.05, 4.69) is 30.6 Å². The van der Waals surface area contributed by atoms with Gasteiger partial charge in [-0.05, 0) is 44.6 Å². The van der Waals surface area contributed by atoms with E-state index in [4.69, 9.17) is 0 Å². The first-order valence-electron chi connectivity index (χ1n) is 8.66. The van der Waals surface area contributed by atoms with Crippen molar-refractivity contribution in [3.8, 4) is 0 Å². The van der Waals surface area contributed by atoms with Gasteiger partial charge >= 0.3 is 0 Å². The molecule has 2 heterocycles. The zero-order valence-electron chi connectivity index (χ0n) is 13.1. The molecule has 0 spiro atoms. The Labute approximate surface area is 119 Å². The number of piperidine rings is 1. The third-order valence-electron chi connectivity index (χ3n) is 6.33. The second-order valence-corrected chi connectivity index (χ2v) is 7.53. The molecule has 0 radical (unpaired) electrons. The second kappa shape index (κ2) is 5.73. The molecule has 2 aliphatic heterocycles. The zero-order valence-corrected chi connectivity index (χ0v) is 13.1. The summed E-state index contributed by atoms with van der Waals surface area (Å²) in [4.78, 5) is 5.68. The third kappa shape index (κ3) is 2.71. The Morgan fingerprint density at radius 1 is 0.842 bits per heavy atom. The number of hydrogen-bond acceptors (Lipinski definition) is 2. The van der Waals surface area contributed by atoms with Crippen molar-refractivity contribution in [2.24, 2.45) is 11.8 Å². The van der Waals surface area contributed by atoms with Gasteiger partial charge in [0.1, 0.15) is 0 Å². The number of nitrogens with zero attached hydrogens (tertiary/aromatic N) is 2. The molecule has 0 aromatic carbocycles. The van der Waals surface area contributed by atoms with Gasteiger partial charge in [0.05, 0.1) is 0 Å². The summed E-state index contributed by atoms with van der Waals surface area (Å²) in [5.74, 6) is 1.82. The molecule has 3 fully saturated rings. The Kier molecular flexibility index (Phi) is 4.19. The molecule has 0 amide bonds. The molecule has 110 valence electrons. The Hall–Kier alpha value is -0.0800. The highest BCUT2D eigenvalue weighted by molar-refractivity contribution is 4.95. The van der Waals surface area contributed by atoms with E-state index < -0.39 is 0 Å². The first kappa shape index (κ1) is 13.9. The van der Waals surface area contributed by atoms with Crippen molar-refractivity contribution in [3.05, 3.63) is 0 Å². The summed E-state index contributed by atoms with van der Waals surface area (Å²) in [5.41, 5.74) is 0. The Bertz CT molecular complexity index is 304. The smallest absolute Gasteiger partial charge is 0.0224 e. The molecule has 3 aliphatic rings. The SMILES string of the molecule is CC1CCCC(N2CC3CCCCN3CC2C)C1C. The zero-order chi connectivity index (χ0) is 13.4. The van der Waals surface area contributed by atoms with Gasteiger partial charge < -0.3 is 0 Å². The van der Waals surface area contributed by atoms with E-state index in [9.17, 15) is 0 Å². The van der Waals surface area contributed by atoms with E-state index >= 15 is 0 Å². The van der Waals surface area contributed by atoms with Crippen molar-refractivity contribution in [1.82, 2.24) is 9.80 Å². The van der Waals surface area contributed by atoms with Crippen LogP contribution in [0.25, 0.3) is 0 Å². The summed E-state index contributed by atoms with van der Waals surface area (Å²) < 4.78 is 0. The van der Waals surface area contributed by atoms with Crippen LogP contribution in [0, 0.1) is 11.8 Å². The highest BCUT2D eigenvalue weighted by Gasteiger charge is 2.39. The first-order valence-corrected chi connectivity index (χ1v) is 8.66. The van der Waals surface area contributed by atoms with Crippen LogP contribution in [0.15, 0.2) is 0 Å². The number of piperazine rings is 1. The average molecular weight is 264 g/mol. The lowest BCUT2D eigenvalue weighted by Gasteiger charge is -2.53. The fraction of sp³-hybridized carbons (Fsp3) is 1.00. The molecule has 0 aromatic rings. The minimum Gasteiger partial charge on any atom is -0.298 e. The molecule has 2 saturated heterocycles. The quantitative estimate of drug-likeness (QED) is 0.716. The molecule has 0 bridgehead atoms. The van der Waals surface area contributed by atoms with Crippen LogP contribution in [-0.4, -0.2) is 47.6 Å². The fourth-order valence-electron chi connectivity index (χ4n) is 4.86.